The van der Waals surface area contributed by atoms with Crippen LogP contribution in [0.1, 0.15) is 53.4 Å². The lowest BCUT2D eigenvalue weighted by Gasteiger charge is -2.23. The maximum Gasteiger partial charge on any atom is 0.333 e. The van der Waals surface area contributed by atoms with Crippen molar-refractivity contribution >= 4 is 11.9 Å². The molecule has 0 saturated carbocycles. The summed E-state index contributed by atoms with van der Waals surface area (Å²) in [7, 11) is 0. The summed E-state index contributed by atoms with van der Waals surface area (Å²) in [6.45, 7) is 14.3. The summed E-state index contributed by atoms with van der Waals surface area (Å²) < 4.78 is 10.7. The molecule has 2 atom stereocenters. The van der Waals surface area contributed by atoms with Crippen LogP contribution in [-0.2, 0) is 19.1 Å². The van der Waals surface area contributed by atoms with E-state index in [-0.39, 0.29) is 12.2 Å². The van der Waals surface area contributed by atoms with Crippen LogP contribution in [0, 0.1) is 0 Å². The Bertz CT molecular complexity index is 371. The van der Waals surface area contributed by atoms with Crippen LogP contribution in [0.4, 0.5) is 0 Å². The third kappa shape index (κ3) is 7.12. The molecule has 4 heteroatoms. The van der Waals surface area contributed by atoms with E-state index in [1.807, 2.05) is 13.8 Å². The zero-order valence-corrected chi connectivity index (χ0v) is 13.0. The third-order valence-corrected chi connectivity index (χ3v) is 2.84. The molecule has 114 valence electrons. The van der Waals surface area contributed by atoms with Crippen LogP contribution in [0.25, 0.3) is 0 Å². The van der Waals surface area contributed by atoms with E-state index in [0.29, 0.717) is 24.0 Å². The highest BCUT2D eigenvalue weighted by Crippen LogP contribution is 2.16. The second kappa shape index (κ2) is 9.34. The predicted molar refractivity (Wildman–Crippen MR) is 79.2 cm³/mol. The fourth-order valence-electron chi connectivity index (χ4n) is 1.64. The average molecular weight is 282 g/mol. The molecule has 0 rings (SSSR count). The van der Waals surface area contributed by atoms with Crippen molar-refractivity contribution in [2.75, 3.05) is 0 Å². The fraction of sp³-hybridized carbons (Fsp3) is 0.625. The molecule has 2 unspecified atom stereocenters. The number of ether oxygens (including phenoxy) is 2. The van der Waals surface area contributed by atoms with Gasteiger partial charge in [-0.3, -0.25) is 0 Å². The maximum absolute atomic E-state index is 11.6. The Balaban J connectivity index is 4.60. The van der Waals surface area contributed by atoms with Gasteiger partial charge in [0, 0.05) is 17.6 Å². The zero-order valence-electron chi connectivity index (χ0n) is 13.0. The largest absolute Gasteiger partial charge is 0.459 e. The summed E-state index contributed by atoms with van der Waals surface area (Å²) in [5, 5.41) is 0. The van der Waals surface area contributed by atoms with E-state index in [2.05, 4.69) is 13.2 Å². The standard InChI is InChI=1S/C16H26O4/c1-7-9-14(20-16(18)12(5)6)10-13(8-2)19-15(17)11(3)4/h13-14H,3,5,7-10H2,1-2,4,6H3. The summed E-state index contributed by atoms with van der Waals surface area (Å²) in [4.78, 5) is 23.1. The minimum atomic E-state index is -0.404. The highest BCUT2D eigenvalue weighted by Gasteiger charge is 2.21. The zero-order chi connectivity index (χ0) is 15.7. The molecule has 0 aromatic carbocycles. The van der Waals surface area contributed by atoms with Crippen LogP contribution in [-0.4, -0.2) is 24.1 Å². The number of hydrogen-bond acceptors (Lipinski definition) is 4. The quantitative estimate of drug-likeness (QED) is 0.479. The highest BCUT2D eigenvalue weighted by molar-refractivity contribution is 5.87. The molecule has 0 aromatic heterocycles. The molecule has 0 bridgehead atoms. The van der Waals surface area contributed by atoms with E-state index >= 15 is 0 Å². The van der Waals surface area contributed by atoms with Gasteiger partial charge in [0.1, 0.15) is 12.2 Å². The normalized spacial score (nSPS) is 13.2. The number of rotatable bonds is 9. The van der Waals surface area contributed by atoms with Crippen molar-refractivity contribution in [3.63, 3.8) is 0 Å². The first-order valence-electron chi connectivity index (χ1n) is 7.04. The summed E-state index contributed by atoms with van der Waals surface area (Å²) in [6.07, 6.45) is 2.27. The summed E-state index contributed by atoms with van der Waals surface area (Å²) in [5.74, 6) is -0.803. The Morgan fingerprint density at radius 1 is 0.950 bits per heavy atom. The molecule has 0 amide bonds. The molecule has 0 spiro atoms. The smallest absolute Gasteiger partial charge is 0.333 e. The molecule has 4 nitrogen and oxygen atoms in total. The molecular weight excluding hydrogens is 256 g/mol. The van der Waals surface area contributed by atoms with Gasteiger partial charge in [-0.1, -0.05) is 33.4 Å². The summed E-state index contributed by atoms with van der Waals surface area (Å²) in [6, 6.07) is 0. The van der Waals surface area contributed by atoms with Gasteiger partial charge in [0.05, 0.1) is 0 Å². The minimum absolute atomic E-state index is 0.257. The van der Waals surface area contributed by atoms with E-state index in [4.69, 9.17) is 9.47 Å². The van der Waals surface area contributed by atoms with Gasteiger partial charge in [-0.15, -0.1) is 0 Å². The molecule has 0 saturated heterocycles. The Kier molecular flexibility index (Phi) is 8.61. The van der Waals surface area contributed by atoms with Crippen LogP contribution in [0.2, 0.25) is 0 Å². The number of esters is 2. The molecular formula is C16H26O4. The van der Waals surface area contributed by atoms with Crippen molar-refractivity contribution in [2.45, 2.75) is 65.6 Å². The first-order valence-corrected chi connectivity index (χ1v) is 7.04. The molecule has 20 heavy (non-hydrogen) atoms. The number of hydrogen-bond donors (Lipinski definition) is 0. The van der Waals surface area contributed by atoms with E-state index in [9.17, 15) is 9.59 Å². The lowest BCUT2D eigenvalue weighted by Crippen LogP contribution is -2.27. The van der Waals surface area contributed by atoms with E-state index < -0.39 is 11.9 Å². The van der Waals surface area contributed by atoms with E-state index in [1.165, 1.54) is 0 Å². The second-order valence-corrected chi connectivity index (χ2v) is 5.05. The van der Waals surface area contributed by atoms with Crippen LogP contribution in [0.15, 0.2) is 24.3 Å². The Morgan fingerprint density at radius 3 is 1.75 bits per heavy atom. The van der Waals surface area contributed by atoms with Crippen LogP contribution < -0.4 is 0 Å². The van der Waals surface area contributed by atoms with E-state index in [0.717, 1.165) is 12.8 Å². The molecule has 0 aliphatic rings. The van der Waals surface area contributed by atoms with Crippen LogP contribution in [0.3, 0.4) is 0 Å². The fourth-order valence-corrected chi connectivity index (χ4v) is 1.64. The summed E-state index contributed by atoms with van der Waals surface area (Å²) >= 11 is 0. The first kappa shape index (κ1) is 18.4. The number of carbonyl (C=O) groups is 2. The van der Waals surface area contributed by atoms with Crippen molar-refractivity contribution in [3.05, 3.63) is 24.3 Å². The Morgan fingerprint density at radius 2 is 1.40 bits per heavy atom. The van der Waals surface area contributed by atoms with Crippen molar-refractivity contribution in [1.29, 1.82) is 0 Å². The van der Waals surface area contributed by atoms with Crippen molar-refractivity contribution in [3.8, 4) is 0 Å². The van der Waals surface area contributed by atoms with Crippen molar-refractivity contribution in [2.24, 2.45) is 0 Å². The average Bonchev–Trinajstić information content (AvgIpc) is 2.37. The van der Waals surface area contributed by atoms with Gasteiger partial charge in [-0.25, -0.2) is 9.59 Å². The third-order valence-electron chi connectivity index (χ3n) is 2.84. The van der Waals surface area contributed by atoms with Gasteiger partial charge in [0.25, 0.3) is 0 Å². The highest BCUT2D eigenvalue weighted by atomic mass is 16.6. The van der Waals surface area contributed by atoms with Crippen LogP contribution in [0.5, 0.6) is 0 Å². The summed E-state index contributed by atoms with van der Waals surface area (Å²) in [5.41, 5.74) is 0.743. The van der Waals surface area contributed by atoms with Gasteiger partial charge in [0.15, 0.2) is 0 Å². The topological polar surface area (TPSA) is 52.6 Å². The maximum atomic E-state index is 11.6. The molecule has 0 N–H and O–H groups in total. The lowest BCUT2D eigenvalue weighted by molar-refractivity contribution is -0.150. The van der Waals surface area contributed by atoms with Crippen LogP contribution >= 0.6 is 0 Å². The van der Waals surface area contributed by atoms with Gasteiger partial charge < -0.3 is 9.47 Å². The molecule has 0 aliphatic carbocycles. The first-order chi connectivity index (χ1) is 9.31. The lowest BCUT2D eigenvalue weighted by atomic mass is 10.1. The Labute approximate surface area is 121 Å². The predicted octanol–water partition coefficient (Wildman–Crippen LogP) is 3.56. The minimum Gasteiger partial charge on any atom is -0.459 e. The molecule has 0 radical (unpaired) electrons. The number of carbonyl (C=O) groups excluding carboxylic acids is 2. The molecule has 0 aromatic rings. The van der Waals surface area contributed by atoms with E-state index in [1.54, 1.807) is 13.8 Å². The molecule has 0 heterocycles. The van der Waals surface area contributed by atoms with Gasteiger partial charge in [-0.05, 0) is 26.7 Å². The Hall–Kier alpha value is -1.58. The van der Waals surface area contributed by atoms with Gasteiger partial charge >= 0.3 is 11.9 Å². The monoisotopic (exact) mass is 282 g/mol. The molecule has 0 fully saturated rings. The van der Waals surface area contributed by atoms with Crippen molar-refractivity contribution in [1.82, 2.24) is 0 Å². The van der Waals surface area contributed by atoms with Gasteiger partial charge in [0.2, 0.25) is 0 Å². The SMILES string of the molecule is C=C(C)C(=O)OC(CC)CC(CCC)OC(=O)C(=C)C. The second-order valence-electron chi connectivity index (χ2n) is 5.05. The van der Waals surface area contributed by atoms with Crippen molar-refractivity contribution < 1.29 is 19.1 Å². The van der Waals surface area contributed by atoms with Gasteiger partial charge in [-0.2, -0.15) is 0 Å². The molecule has 0 aliphatic heterocycles.